The summed E-state index contributed by atoms with van der Waals surface area (Å²) < 4.78 is 0. The lowest BCUT2D eigenvalue weighted by molar-refractivity contribution is 0.294. The standard InChI is InChI=1S/C11H14N2/c1-13-11-5-9-7-3-2-6(7)8(9)4-10(11)12/h4-7,13H,2-3,12H2,1H3. The Balaban J connectivity index is 2.11. The Kier molecular flexibility index (Phi) is 1.22. The molecule has 2 aliphatic carbocycles. The fourth-order valence-corrected chi connectivity index (χ4v) is 2.66. The summed E-state index contributed by atoms with van der Waals surface area (Å²) in [5.41, 5.74) is 10.9. The van der Waals surface area contributed by atoms with Crippen molar-refractivity contribution in [2.24, 2.45) is 0 Å². The summed E-state index contributed by atoms with van der Waals surface area (Å²) in [6.45, 7) is 0. The average molecular weight is 174 g/mol. The van der Waals surface area contributed by atoms with E-state index in [0.29, 0.717) is 0 Å². The lowest BCUT2D eigenvalue weighted by Gasteiger charge is -2.48. The van der Waals surface area contributed by atoms with Crippen LogP contribution in [0.2, 0.25) is 0 Å². The Labute approximate surface area is 78.1 Å². The van der Waals surface area contributed by atoms with E-state index in [0.717, 1.165) is 23.2 Å². The number of hydrogen-bond acceptors (Lipinski definition) is 2. The van der Waals surface area contributed by atoms with Crippen LogP contribution in [0.25, 0.3) is 0 Å². The molecule has 3 rings (SSSR count). The van der Waals surface area contributed by atoms with Crippen molar-refractivity contribution in [1.82, 2.24) is 0 Å². The van der Waals surface area contributed by atoms with Crippen molar-refractivity contribution in [3.05, 3.63) is 23.3 Å². The van der Waals surface area contributed by atoms with Gasteiger partial charge in [0.2, 0.25) is 0 Å². The molecule has 2 aliphatic rings. The molecule has 0 aliphatic heterocycles. The molecule has 2 unspecified atom stereocenters. The summed E-state index contributed by atoms with van der Waals surface area (Å²) in [5.74, 6) is 1.71. The predicted molar refractivity (Wildman–Crippen MR) is 55.1 cm³/mol. The Morgan fingerprint density at radius 2 is 1.85 bits per heavy atom. The molecule has 1 saturated carbocycles. The zero-order valence-corrected chi connectivity index (χ0v) is 7.80. The van der Waals surface area contributed by atoms with Gasteiger partial charge in [-0.3, -0.25) is 0 Å². The van der Waals surface area contributed by atoms with Crippen LogP contribution in [0.1, 0.15) is 35.8 Å². The van der Waals surface area contributed by atoms with E-state index < -0.39 is 0 Å². The van der Waals surface area contributed by atoms with Crippen molar-refractivity contribution in [3.63, 3.8) is 0 Å². The van der Waals surface area contributed by atoms with Gasteiger partial charge in [-0.05, 0) is 47.9 Å². The zero-order valence-electron chi connectivity index (χ0n) is 7.80. The van der Waals surface area contributed by atoms with Crippen molar-refractivity contribution in [2.75, 3.05) is 18.1 Å². The van der Waals surface area contributed by atoms with Crippen LogP contribution >= 0.6 is 0 Å². The lowest BCUT2D eigenvalue weighted by atomic mass is 9.56. The van der Waals surface area contributed by atoms with Crippen LogP contribution in [-0.4, -0.2) is 7.05 Å². The van der Waals surface area contributed by atoms with E-state index in [4.69, 9.17) is 5.73 Å². The van der Waals surface area contributed by atoms with Crippen LogP contribution in [-0.2, 0) is 0 Å². The molecule has 68 valence electrons. The van der Waals surface area contributed by atoms with Gasteiger partial charge in [0, 0.05) is 7.05 Å². The van der Waals surface area contributed by atoms with Gasteiger partial charge in [0.15, 0.2) is 0 Å². The van der Waals surface area contributed by atoms with E-state index in [1.54, 1.807) is 0 Å². The predicted octanol–water partition coefficient (Wildman–Crippen LogP) is 2.29. The van der Waals surface area contributed by atoms with E-state index in [2.05, 4.69) is 17.4 Å². The van der Waals surface area contributed by atoms with Crippen molar-refractivity contribution in [2.45, 2.75) is 24.7 Å². The van der Waals surface area contributed by atoms with Crippen LogP contribution in [0.15, 0.2) is 12.1 Å². The number of rotatable bonds is 1. The molecule has 1 aromatic carbocycles. The summed E-state index contributed by atoms with van der Waals surface area (Å²) >= 11 is 0. The topological polar surface area (TPSA) is 38.0 Å². The van der Waals surface area contributed by atoms with E-state index in [9.17, 15) is 0 Å². The molecule has 0 amide bonds. The summed E-state index contributed by atoms with van der Waals surface area (Å²) in [6.07, 6.45) is 2.75. The van der Waals surface area contributed by atoms with Gasteiger partial charge in [-0.25, -0.2) is 0 Å². The smallest absolute Gasteiger partial charge is 0.0574 e. The van der Waals surface area contributed by atoms with Gasteiger partial charge in [0.25, 0.3) is 0 Å². The maximum absolute atomic E-state index is 5.90. The molecule has 0 aromatic heterocycles. The molecule has 3 N–H and O–H groups in total. The molecular weight excluding hydrogens is 160 g/mol. The van der Waals surface area contributed by atoms with Crippen molar-refractivity contribution >= 4 is 11.4 Å². The number of fused-ring (bicyclic) bond motifs is 4. The van der Waals surface area contributed by atoms with Crippen molar-refractivity contribution in [1.29, 1.82) is 0 Å². The quantitative estimate of drug-likeness (QED) is 0.641. The Hall–Kier alpha value is -1.18. The first-order valence-corrected chi connectivity index (χ1v) is 4.92. The third kappa shape index (κ3) is 0.736. The second-order valence-corrected chi connectivity index (χ2v) is 4.11. The number of nitrogen functional groups attached to an aromatic ring is 1. The van der Waals surface area contributed by atoms with Gasteiger partial charge >= 0.3 is 0 Å². The fourth-order valence-electron chi connectivity index (χ4n) is 2.66. The summed E-state index contributed by atoms with van der Waals surface area (Å²) in [6, 6.07) is 4.38. The van der Waals surface area contributed by atoms with Crippen LogP contribution < -0.4 is 11.1 Å². The van der Waals surface area contributed by atoms with Crippen molar-refractivity contribution < 1.29 is 0 Å². The highest BCUT2D eigenvalue weighted by Gasteiger charge is 2.44. The van der Waals surface area contributed by atoms with Crippen LogP contribution in [0.3, 0.4) is 0 Å². The normalized spacial score (nSPS) is 28.1. The molecule has 2 atom stereocenters. The van der Waals surface area contributed by atoms with Gasteiger partial charge < -0.3 is 11.1 Å². The summed E-state index contributed by atoms with van der Waals surface area (Å²) in [5, 5.41) is 3.13. The molecule has 0 heterocycles. The third-order valence-corrected chi connectivity index (χ3v) is 3.60. The third-order valence-electron chi connectivity index (χ3n) is 3.60. The minimum Gasteiger partial charge on any atom is -0.397 e. The maximum Gasteiger partial charge on any atom is 0.0574 e. The summed E-state index contributed by atoms with van der Waals surface area (Å²) in [7, 11) is 1.93. The molecule has 2 heteroatoms. The van der Waals surface area contributed by atoms with Gasteiger partial charge in [0.05, 0.1) is 11.4 Å². The monoisotopic (exact) mass is 174 g/mol. The van der Waals surface area contributed by atoms with Gasteiger partial charge in [-0.15, -0.1) is 0 Å². The van der Waals surface area contributed by atoms with Gasteiger partial charge in [0.1, 0.15) is 0 Å². The SMILES string of the molecule is CNc1cc2c(cc1N)C1CCC21. The molecule has 0 radical (unpaired) electrons. The maximum atomic E-state index is 5.90. The number of nitrogens with two attached hydrogens (primary N) is 1. The van der Waals surface area contributed by atoms with Crippen LogP contribution in [0, 0.1) is 0 Å². The first-order chi connectivity index (χ1) is 6.31. The molecular formula is C11H14N2. The lowest BCUT2D eigenvalue weighted by Crippen LogP contribution is -2.33. The average Bonchev–Trinajstić information content (AvgIpc) is 2.07. The minimum absolute atomic E-state index is 0.850. The fraction of sp³-hybridized carbons (Fsp3) is 0.455. The Morgan fingerprint density at radius 1 is 1.23 bits per heavy atom. The van der Waals surface area contributed by atoms with E-state index >= 15 is 0 Å². The largest absolute Gasteiger partial charge is 0.397 e. The molecule has 13 heavy (non-hydrogen) atoms. The zero-order chi connectivity index (χ0) is 9.00. The molecule has 0 spiro atoms. The number of hydrogen-bond donors (Lipinski definition) is 2. The molecule has 2 nitrogen and oxygen atoms in total. The Bertz CT molecular complexity index is 371. The highest BCUT2D eigenvalue weighted by molar-refractivity contribution is 5.72. The molecule has 1 fully saturated rings. The number of benzene rings is 1. The second kappa shape index (κ2) is 2.19. The molecule has 0 saturated heterocycles. The van der Waals surface area contributed by atoms with Crippen molar-refractivity contribution in [3.8, 4) is 0 Å². The van der Waals surface area contributed by atoms with Crippen LogP contribution in [0.4, 0.5) is 11.4 Å². The van der Waals surface area contributed by atoms with Crippen LogP contribution in [0.5, 0.6) is 0 Å². The minimum atomic E-state index is 0.850. The first-order valence-electron chi connectivity index (χ1n) is 4.92. The molecule has 0 bridgehead atoms. The van der Waals surface area contributed by atoms with E-state index in [-0.39, 0.29) is 0 Å². The highest BCUT2D eigenvalue weighted by atomic mass is 14.8. The molecule has 1 aromatic rings. The number of anilines is 2. The number of nitrogens with one attached hydrogen (secondary N) is 1. The van der Waals surface area contributed by atoms with Gasteiger partial charge in [-0.1, -0.05) is 0 Å². The summed E-state index contributed by atoms with van der Waals surface area (Å²) in [4.78, 5) is 0. The first kappa shape index (κ1) is 7.25. The van der Waals surface area contributed by atoms with Gasteiger partial charge in [-0.2, -0.15) is 0 Å². The van der Waals surface area contributed by atoms with E-state index in [1.165, 1.54) is 24.0 Å². The highest BCUT2D eigenvalue weighted by Crippen LogP contribution is 2.60. The van der Waals surface area contributed by atoms with E-state index in [1.807, 2.05) is 7.05 Å². The second-order valence-electron chi connectivity index (χ2n) is 4.11. The Morgan fingerprint density at radius 3 is 2.38 bits per heavy atom.